The number of piperidine rings is 1. The van der Waals surface area contributed by atoms with Crippen LogP contribution in [0.25, 0.3) is 23.0 Å². The van der Waals surface area contributed by atoms with E-state index in [2.05, 4.69) is 52.4 Å². The lowest BCUT2D eigenvalue weighted by atomic mass is 9.90. The van der Waals surface area contributed by atoms with Gasteiger partial charge in [0.05, 0.1) is 16.3 Å². The molecule has 5 aromatic rings. The number of amides is 1. The van der Waals surface area contributed by atoms with Gasteiger partial charge in [0.1, 0.15) is 12.4 Å². The molecule has 0 aliphatic carbocycles. The molecule has 7 rings (SSSR count). The summed E-state index contributed by atoms with van der Waals surface area (Å²) in [7, 11) is 0. The average Bonchev–Trinajstić information content (AvgIpc) is 3.69. The highest BCUT2D eigenvalue weighted by atomic mass is 32.2. The first kappa shape index (κ1) is 28.9. The van der Waals surface area contributed by atoms with Crippen molar-refractivity contribution in [2.75, 3.05) is 13.1 Å². The summed E-state index contributed by atoms with van der Waals surface area (Å²) in [5.74, 6) is 1.25. The van der Waals surface area contributed by atoms with Crippen molar-refractivity contribution in [3.05, 3.63) is 143 Å². The molecule has 0 unspecified atom stereocenters. The van der Waals surface area contributed by atoms with Gasteiger partial charge in [-0.25, -0.2) is 4.68 Å². The average molecular weight is 611 g/mol. The molecule has 6 nitrogen and oxygen atoms in total. The van der Waals surface area contributed by atoms with Gasteiger partial charge in [-0.1, -0.05) is 78.9 Å². The van der Waals surface area contributed by atoms with Crippen molar-refractivity contribution in [3.8, 4) is 22.7 Å². The maximum absolute atomic E-state index is 13.1. The first-order valence-electron chi connectivity index (χ1n) is 15.4. The topological polar surface area (TPSA) is 59.7 Å². The van der Waals surface area contributed by atoms with Crippen molar-refractivity contribution in [1.29, 1.82) is 0 Å². The van der Waals surface area contributed by atoms with Crippen LogP contribution in [0.4, 0.5) is 0 Å². The van der Waals surface area contributed by atoms with Gasteiger partial charge in [-0.3, -0.25) is 4.79 Å². The highest BCUT2D eigenvalue weighted by Crippen LogP contribution is 2.35. The molecule has 224 valence electrons. The number of hydrogen-bond acceptors (Lipinski definition) is 5. The number of aliphatic imine (C=N–C) groups is 1. The number of carbonyl (C=O) groups is 1. The molecule has 0 spiro atoms. The smallest absolute Gasteiger partial charge is 0.286 e. The van der Waals surface area contributed by atoms with Crippen molar-refractivity contribution in [3.63, 3.8) is 0 Å². The van der Waals surface area contributed by atoms with Gasteiger partial charge >= 0.3 is 0 Å². The number of aromatic nitrogens is 2. The number of amidine groups is 1. The maximum Gasteiger partial charge on any atom is 0.286 e. The molecular formula is C38H34N4O2S. The molecule has 1 saturated heterocycles. The fraction of sp³-hybridized carbons (Fsp3) is 0.184. The van der Waals surface area contributed by atoms with E-state index in [-0.39, 0.29) is 5.91 Å². The van der Waals surface area contributed by atoms with E-state index in [1.807, 2.05) is 89.8 Å². The first-order valence-corrected chi connectivity index (χ1v) is 16.2. The number of thioether (sulfide) groups is 1. The highest BCUT2D eigenvalue weighted by Gasteiger charge is 2.29. The molecule has 0 atom stereocenters. The molecule has 1 amide bonds. The van der Waals surface area contributed by atoms with Crippen LogP contribution < -0.4 is 4.74 Å². The summed E-state index contributed by atoms with van der Waals surface area (Å²) >= 11 is 1.47. The molecule has 0 bridgehead atoms. The fourth-order valence-corrected chi connectivity index (χ4v) is 6.79. The monoisotopic (exact) mass is 610 g/mol. The summed E-state index contributed by atoms with van der Waals surface area (Å²) in [6.45, 7) is 2.34. The number of ether oxygens (including phenoxy) is 1. The van der Waals surface area contributed by atoms with Crippen LogP contribution in [-0.2, 0) is 17.8 Å². The van der Waals surface area contributed by atoms with Crippen molar-refractivity contribution in [2.24, 2.45) is 10.9 Å². The number of rotatable bonds is 8. The van der Waals surface area contributed by atoms with Crippen LogP contribution in [0.2, 0.25) is 0 Å². The van der Waals surface area contributed by atoms with Gasteiger partial charge in [0.25, 0.3) is 5.91 Å². The van der Waals surface area contributed by atoms with E-state index < -0.39 is 0 Å². The van der Waals surface area contributed by atoms with Gasteiger partial charge in [-0.15, -0.1) is 0 Å². The number of carbonyl (C=O) groups excluding carboxylic acids is 1. The van der Waals surface area contributed by atoms with E-state index in [0.717, 1.165) is 71.3 Å². The van der Waals surface area contributed by atoms with E-state index >= 15 is 0 Å². The number of hydrogen-bond donors (Lipinski definition) is 0. The molecular weight excluding hydrogens is 577 g/mol. The third-order valence-electron chi connectivity index (χ3n) is 8.29. The van der Waals surface area contributed by atoms with E-state index in [9.17, 15) is 4.79 Å². The van der Waals surface area contributed by atoms with E-state index in [1.165, 1.54) is 17.3 Å². The standard InChI is InChI=1S/C38H34N4O2S/c43-37-35(45-38(39-37)41-22-20-29(21-23-41)24-28-10-4-1-5-11-28)25-32-26-42(33-14-8-3-9-15-33)40-36(32)31-16-18-34(19-17-31)44-27-30-12-6-2-7-13-30/h1-19,25-26,29H,20-24,27H2/b35-25-. The Morgan fingerprint density at radius 3 is 2.13 bits per heavy atom. The number of nitrogens with zero attached hydrogens (tertiary/aromatic N) is 4. The largest absolute Gasteiger partial charge is 0.489 e. The molecule has 2 aliphatic heterocycles. The Morgan fingerprint density at radius 1 is 0.800 bits per heavy atom. The lowest BCUT2D eigenvalue weighted by molar-refractivity contribution is -0.113. The van der Waals surface area contributed by atoms with Crippen molar-refractivity contribution >= 4 is 28.9 Å². The number of para-hydroxylation sites is 1. The predicted octanol–water partition coefficient (Wildman–Crippen LogP) is 8.04. The second-order valence-electron chi connectivity index (χ2n) is 11.4. The summed E-state index contributed by atoms with van der Waals surface area (Å²) in [6, 6.07) is 38.8. The first-order chi connectivity index (χ1) is 22.2. The maximum atomic E-state index is 13.1. The summed E-state index contributed by atoms with van der Waals surface area (Å²) < 4.78 is 7.88. The van der Waals surface area contributed by atoms with Gasteiger partial charge in [0.2, 0.25) is 0 Å². The van der Waals surface area contributed by atoms with E-state index in [0.29, 0.717) is 17.4 Å². The van der Waals surface area contributed by atoms with Crippen LogP contribution in [-0.4, -0.2) is 38.8 Å². The Kier molecular flexibility index (Phi) is 8.60. The van der Waals surface area contributed by atoms with Crippen LogP contribution in [0.1, 0.15) is 29.5 Å². The molecule has 0 N–H and O–H groups in total. The summed E-state index contributed by atoms with van der Waals surface area (Å²) in [4.78, 5) is 20.5. The van der Waals surface area contributed by atoms with Crippen LogP contribution in [0.3, 0.4) is 0 Å². The zero-order valence-corrected chi connectivity index (χ0v) is 25.8. The molecule has 0 radical (unpaired) electrons. The molecule has 1 aromatic heterocycles. The van der Waals surface area contributed by atoms with Crippen molar-refractivity contribution in [2.45, 2.75) is 25.9 Å². The molecule has 0 saturated carbocycles. The molecule has 7 heteroatoms. The van der Waals surface area contributed by atoms with Crippen molar-refractivity contribution < 1.29 is 9.53 Å². The molecule has 3 heterocycles. The van der Waals surface area contributed by atoms with Gasteiger partial charge in [0.15, 0.2) is 5.17 Å². The fourth-order valence-electron chi connectivity index (χ4n) is 5.83. The third kappa shape index (κ3) is 6.94. The van der Waals surface area contributed by atoms with E-state index in [4.69, 9.17) is 9.84 Å². The Hall–Kier alpha value is -4.88. The Labute approximate surface area is 268 Å². The number of benzene rings is 4. The molecule has 45 heavy (non-hydrogen) atoms. The second kappa shape index (κ2) is 13.4. The van der Waals surface area contributed by atoms with Gasteiger partial charge < -0.3 is 9.64 Å². The van der Waals surface area contributed by atoms with Crippen LogP contribution in [0.15, 0.2) is 131 Å². The van der Waals surface area contributed by atoms with Gasteiger partial charge in [-0.05, 0) is 90.5 Å². The minimum atomic E-state index is -0.190. The predicted molar refractivity (Wildman–Crippen MR) is 182 cm³/mol. The van der Waals surface area contributed by atoms with Gasteiger partial charge in [0, 0.05) is 30.4 Å². The Balaban J connectivity index is 1.08. The van der Waals surface area contributed by atoms with Crippen LogP contribution >= 0.6 is 11.8 Å². The zero-order valence-electron chi connectivity index (χ0n) is 25.0. The minimum Gasteiger partial charge on any atom is -0.489 e. The lowest BCUT2D eigenvalue weighted by Gasteiger charge is -2.32. The lowest BCUT2D eigenvalue weighted by Crippen LogP contribution is -2.37. The molecule has 2 aliphatic rings. The minimum absolute atomic E-state index is 0.190. The third-order valence-corrected chi connectivity index (χ3v) is 9.33. The summed E-state index contributed by atoms with van der Waals surface area (Å²) in [5.41, 5.74) is 6.07. The van der Waals surface area contributed by atoms with Gasteiger partial charge in [-0.2, -0.15) is 10.1 Å². The highest BCUT2D eigenvalue weighted by molar-refractivity contribution is 8.18. The quantitative estimate of drug-likeness (QED) is 0.167. The Bertz CT molecular complexity index is 1810. The molecule has 4 aromatic carbocycles. The Morgan fingerprint density at radius 2 is 1.44 bits per heavy atom. The zero-order chi connectivity index (χ0) is 30.4. The molecule has 1 fully saturated rings. The van der Waals surface area contributed by atoms with E-state index in [1.54, 1.807) is 0 Å². The summed E-state index contributed by atoms with van der Waals surface area (Å²) in [6.07, 6.45) is 7.22. The summed E-state index contributed by atoms with van der Waals surface area (Å²) in [5, 5.41) is 5.76. The second-order valence-corrected chi connectivity index (χ2v) is 12.5. The van der Waals surface area contributed by atoms with Crippen molar-refractivity contribution in [1.82, 2.24) is 14.7 Å². The number of likely N-dealkylation sites (tertiary alicyclic amines) is 1. The SMILES string of the molecule is O=C1N=C(N2CCC(Cc3ccccc3)CC2)S/C1=C\c1cn(-c2ccccc2)nc1-c1ccc(OCc2ccccc2)cc1. The van der Waals surface area contributed by atoms with Crippen LogP contribution in [0, 0.1) is 5.92 Å². The van der Waals surface area contributed by atoms with Crippen LogP contribution in [0.5, 0.6) is 5.75 Å². The normalized spacial score (nSPS) is 16.3.